The van der Waals surface area contributed by atoms with Gasteiger partial charge < -0.3 is 19.9 Å². The van der Waals surface area contributed by atoms with Crippen molar-refractivity contribution in [2.75, 3.05) is 24.2 Å². The molecule has 204 valence electrons. The van der Waals surface area contributed by atoms with E-state index in [4.69, 9.17) is 4.74 Å². The summed E-state index contributed by atoms with van der Waals surface area (Å²) < 4.78 is 7.71. The van der Waals surface area contributed by atoms with E-state index in [0.717, 1.165) is 41.5 Å². The van der Waals surface area contributed by atoms with Gasteiger partial charge in [0.05, 0.1) is 5.52 Å². The van der Waals surface area contributed by atoms with Crippen molar-refractivity contribution in [3.05, 3.63) is 78.5 Å². The van der Waals surface area contributed by atoms with Crippen molar-refractivity contribution in [1.29, 1.82) is 0 Å². The second-order valence-electron chi connectivity index (χ2n) is 9.64. The molecule has 0 radical (unpaired) electrons. The lowest BCUT2D eigenvalue weighted by molar-refractivity contribution is -0.111. The summed E-state index contributed by atoms with van der Waals surface area (Å²) in [5.41, 5.74) is 3.11. The summed E-state index contributed by atoms with van der Waals surface area (Å²) in [6.07, 6.45) is 10.6. The number of aryl methyl sites for hydroxylation is 2. The Bertz CT molecular complexity index is 1610. The number of likely N-dealkylation sites (tertiary alicyclic amines) is 1. The van der Waals surface area contributed by atoms with Crippen LogP contribution in [0.4, 0.5) is 17.2 Å². The summed E-state index contributed by atoms with van der Waals surface area (Å²) in [5, 5.41) is 15.0. The monoisotopic (exact) mass is 537 g/mol. The first-order chi connectivity index (χ1) is 19.4. The summed E-state index contributed by atoms with van der Waals surface area (Å²) in [4.78, 5) is 27.6. The molecule has 2 aromatic heterocycles. The fourth-order valence-electron chi connectivity index (χ4n) is 4.53. The Balaban J connectivity index is 1.31. The van der Waals surface area contributed by atoms with E-state index < -0.39 is 0 Å². The summed E-state index contributed by atoms with van der Waals surface area (Å²) >= 11 is 0. The molecular formula is C29H31N9O2. The quantitative estimate of drug-likeness (QED) is 0.182. The van der Waals surface area contributed by atoms with Crippen molar-refractivity contribution < 1.29 is 9.53 Å². The Morgan fingerprint density at radius 3 is 2.75 bits per heavy atom. The standard InChI is InChI=1S/C29H31N9O2/c1-19-14-20(8-11-25(19)40-28(30-2)16-26-36-33-18-38(26)4)35-29-23-15-21(7-10-24(23)31-17-32-29)34-27(39)12-9-22-6-5-13-37(22)3/h7-12,14-18,22H,2,5-6,13H2,1,3-4H3,(H,34,39)(H,31,32,35)/b12-9+,28-16+/t22-/m1/s1. The van der Waals surface area contributed by atoms with Gasteiger partial charge in [0.15, 0.2) is 5.82 Å². The number of carbonyl (C=O) groups excluding carboxylic acids is 1. The molecule has 1 atom stereocenters. The molecule has 1 fully saturated rings. The minimum Gasteiger partial charge on any atom is -0.439 e. The van der Waals surface area contributed by atoms with Crippen LogP contribution in [0.2, 0.25) is 0 Å². The second kappa shape index (κ2) is 11.9. The summed E-state index contributed by atoms with van der Waals surface area (Å²) in [5.74, 6) is 1.98. The smallest absolute Gasteiger partial charge is 0.248 e. The molecule has 40 heavy (non-hydrogen) atoms. The highest BCUT2D eigenvalue weighted by Crippen LogP contribution is 2.29. The van der Waals surface area contributed by atoms with Crippen LogP contribution in [0.15, 0.2) is 72.1 Å². The van der Waals surface area contributed by atoms with Gasteiger partial charge in [-0.25, -0.2) is 15.0 Å². The predicted octanol–water partition coefficient (Wildman–Crippen LogP) is 4.48. The molecule has 2 N–H and O–H groups in total. The Morgan fingerprint density at radius 1 is 1.18 bits per heavy atom. The van der Waals surface area contributed by atoms with E-state index in [2.05, 4.69) is 54.5 Å². The fourth-order valence-corrected chi connectivity index (χ4v) is 4.53. The van der Waals surface area contributed by atoms with E-state index in [0.29, 0.717) is 35.0 Å². The van der Waals surface area contributed by atoms with Gasteiger partial charge in [-0.05, 0) is 82.0 Å². The van der Waals surface area contributed by atoms with Gasteiger partial charge in [0.2, 0.25) is 11.8 Å². The lowest BCUT2D eigenvalue weighted by Crippen LogP contribution is -2.23. The van der Waals surface area contributed by atoms with Gasteiger partial charge in [-0.3, -0.25) is 9.69 Å². The third-order valence-corrected chi connectivity index (χ3v) is 6.76. The lowest BCUT2D eigenvalue weighted by Gasteiger charge is -2.14. The molecule has 0 bridgehead atoms. The van der Waals surface area contributed by atoms with Crippen LogP contribution in [0.1, 0.15) is 24.2 Å². The number of amides is 1. The number of carbonyl (C=O) groups is 1. The van der Waals surface area contributed by atoms with E-state index in [1.165, 1.54) is 6.33 Å². The first-order valence-corrected chi connectivity index (χ1v) is 12.9. The molecule has 0 saturated carbocycles. The van der Waals surface area contributed by atoms with Crippen molar-refractivity contribution in [2.24, 2.45) is 12.0 Å². The molecule has 1 saturated heterocycles. The number of fused-ring (bicyclic) bond motifs is 1. The van der Waals surface area contributed by atoms with Crippen molar-refractivity contribution in [3.8, 4) is 5.75 Å². The number of hydrogen-bond acceptors (Lipinski definition) is 9. The maximum Gasteiger partial charge on any atom is 0.248 e. The number of likely N-dealkylation sites (N-methyl/N-ethyl adjacent to an activating group) is 1. The Hall–Kier alpha value is -4.90. The number of aliphatic imine (C=N–C) groups is 1. The summed E-state index contributed by atoms with van der Waals surface area (Å²) in [6, 6.07) is 11.6. The number of ether oxygens (including phenoxy) is 1. The van der Waals surface area contributed by atoms with E-state index in [1.54, 1.807) is 23.0 Å². The van der Waals surface area contributed by atoms with Crippen LogP contribution in [-0.2, 0) is 11.8 Å². The molecule has 3 heterocycles. The van der Waals surface area contributed by atoms with Crippen LogP contribution in [0, 0.1) is 6.92 Å². The van der Waals surface area contributed by atoms with E-state index in [1.807, 2.05) is 56.4 Å². The molecular weight excluding hydrogens is 506 g/mol. The number of hydrogen-bond donors (Lipinski definition) is 2. The largest absolute Gasteiger partial charge is 0.439 e. The van der Waals surface area contributed by atoms with Gasteiger partial charge in [0, 0.05) is 42.0 Å². The summed E-state index contributed by atoms with van der Waals surface area (Å²) in [7, 11) is 3.91. The number of nitrogens with one attached hydrogen (secondary N) is 2. The topological polar surface area (TPSA) is 122 Å². The fraction of sp³-hybridized carbons (Fsp3) is 0.241. The highest BCUT2D eigenvalue weighted by Gasteiger charge is 2.18. The van der Waals surface area contributed by atoms with Crippen LogP contribution in [0.25, 0.3) is 17.0 Å². The normalized spacial score (nSPS) is 16.0. The van der Waals surface area contributed by atoms with E-state index in [9.17, 15) is 4.79 Å². The molecule has 2 aromatic carbocycles. The Labute approximate surface area is 232 Å². The first kappa shape index (κ1) is 26.7. The maximum atomic E-state index is 12.6. The van der Waals surface area contributed by atoms with E-state index in [-0.39, 0.29) is 5.91 Å². The van der Waals surface area contributed by atoms with Gasteiger partial charge >= 0.3 is 0 Å². The van der Waals surface area contributed by atoms with Crippen molar-refractivity contribution >= 4 is 46.8 Å². The van der Waals surface area contributed by atoms with Crippen LogP contribution in [0.3, 0.4) is 0 Å². The number of benzene rings is 2. The molecule has 1 aliphatic rings. The highest BCUT2D eigenvalue weighted by atomic mass is 16.5. The van der Waals surface area contributed by atoms with Gasteiger partial charge in [0.1, 0.15) is 24.2 Å². The molecule has 4 aromatic rings. The molecule has 1 amide bonds. The number of anilines is 3. The summed E-state index contributed by atoms with van der Waals surface area (Å²) in [6.45, 7) is 6.59. The zero-order valence-electron chi connectivity index (χ0n) is 22.7. The SMILES string of the molecule is C=N/C(=C\c1nncn1C)Oc1ccc(Nc2ncnc3ccc(NC(=O)/C=C/[C@H]4CCCN4C)cc23)cc1C. The molecule has 0 unspecified atom stereocenters. The zero-order chi connectivity index (χ0) is 28.1. The molecule has 1 aliphatic heterocycles. The average Bonchev–Trinajstić information content (AvgIpc) is 3.55. The Morgan fingerprint density at radius 2 is 2.02 bits per heavy atom. The Kier molecular flexibility index (Phi) is 7.92. The number of nitrogens with zero attached hydrogens (tertiary/aromatic N) is 7. The number of aromatic nitrogens is 5. The number of rotatable bonds is 9. The van der Waals surface area contributed by atoms with Crippen LogP contribution >= 0.6 is 0 Å². The second-order valence-corrected chi connectivity index (χ2v) is 9.64. The molecule has 11 heteroatoms. The minimum atomic E-state index is -0.168. The van der Waals surface area contributed by atoms with Gasteiger partial charge in [-0.2, -0.15) is 0 Å². The van der Waals surface area contributed by atoms with E-state index >= 15 is 0 Å². The maximum absolute atomic E-state index is 12.6. The molecule has 5 rings (SSSR count). The molecule has 0 aliphatic carbocycles. The van der Waals surface area contributed by atoms with Gasteiger partial charge in [-0.1, -0.05) is 6.08 Å². The van der Waals surface area contributed by atoms with Crippen molar-refractivity contribution in [3.63, 3.8) is 0 Å². The van der Waals surface area contributed by atoms with Crippen LogP contribution in [0.5, 0.6) is 5.75 Å². The van der Waals surface area contributed by atoms with Crippen molar-refractivity contribution in [1.82, 2.24) is 29.6 Å². The molecule has 0 spiro atoms. The molecule has 11 nitrogen and oxygen atoms in total. The average molecular weight is 538 g/mol. The zero-order valence-corrected chi connectivity index (χ0v) is 22.7. The highest BCUT2D eigenvalue weighted by molar-refractivity contribution is 6.02. The lowest BCUT2D eigenvalue weighted by atomic mass is 10.1. The van der Waals surface area contributed by atoms with Crippen LogP contribution in [-0.4, -0.2) is 61.9 Å². The van der Waals surface area contributed by atoms with Crippen LogP contribution < -0.4 is 15.4 Å². The predicted molar refractivity (Wildman–Crippen MR) is 157 cm³/mol. The first-order valence-electron chi connectivity index (χ1n) is 12.9. The third kappa shape index (κ3) is 6.21. The third-order valence-electron chi connectivity index (χ3n) is 6.76. The van der Waals surface area contributed by atoms with Gasteiger partial charge in [0.25, 0.3) is 0 Å². The van der Waals surface area contributed by atoms with Gasteiger partial charge in [-0.15, -0.1) is 10.2 Å². The van der Waals surface area contributed by atoms with Crippen molar-refractivity contribution in [2.45, 2.75) is 25.8 Å². The minimum absolute atomic E-state index is 0.168.